The molecule has 0 spiro atoms. The van der Waals surface area contributed by atoms with E-state index in [1.54, 1.807) is 0 Å². The molecule has 3 heteroatoms. The molecule has 0 amide bonds. The fourth-order valence-corrected chi connectivity index (χ4v) is 12.1. The van der Waals surface area contributed by atoms with Gasteiger partial charge in [-0.1, -0.05) is 13.3 Å². The van der Waals surface area contributed by atoms with Crippen LogP contribution in [0.25, 0.3) is 0 Å². The van der Waals surface area contributed by atoms with Crippen LogP contribution in [0.3, 0.4) is 0 Å². The van der Waals surface area contributed by atoms with Crippen molar-refractivity contribution in [2.75, 3.05) is 6.16 Å². The maximum absolute atomic E-state index is 14.1. The average molecular weight is 581 g/mol. The van der Waals surface area contributed by atoms with Gasteiger partial charge in [-0.15, -0.1) is 0 Å². The van der Waals surface area contributed by atoms with Crippen LogP contribution in [0.4, 0.5) is 0 Å². The van der Waals surface area contributed by atoms with Gasteiger partial charge >= 0.3 is 242 Å². The van der Waals surface area contributed by atoms with Crippen LogP contribution < -0.4 is 15.9 Å². The number of carbonyl (C=O) groups excluding carboxylic acids is 1. The fraction of sp³-hybridized carbons (Fsp3) is 0.359. The Morgan fingerprint density at radius 3 is 1.19 bits per heavy atom. The van der Waals surface area contributed by atoms with Crippen LogP contribution in [-0.2, 0) is 4.52 Å². The first-order valence-corrected chi connectivity index (χ1v) is 18.5. The van der Waals surface area contributed by atoms with Gasteiger partial charge in [-0.05, 0) is 0 Å². The molecule has 0 saturated heterocycles. The van der Waals surface area contributed by atoms with Crippen LogP contribution in [0.5, 0.6) is 0 Å². The molecule has 42 heavy (non-hydrogen) atoms. The normalized spacial score (nSPS) is 12.4. The molecule has 0 aliphatic heterocycles. The molecular weight excluding hydrogens is 531 g/mol. The van der Waals surface area contributed by atoms with Crippen molar-refractivity contribution in [1.29, 1.82) is 0 Å². The number of hydrogen-bond donors (Lipinski definition) is 0. The Morgan fingerprint density at radius 2 is 0.810 bits per heavy atom. The first-order chi connectivity index (χ1) is 20.7. The second kappa shape index (κ2) is 16.4. The van der Waals surface area contributed by atoms with Crippen molar-refractivity contribution in [3.8, 4) is 0 Å². The third-order valence-electron chi connectivity index (χ3n) is 8.64. The van der Waals surface area contributed by atoms with E-state index in [-0.39, 0.29) is 5.97 Å². The second-order valence-electron chi connectivity index (χ2n) is 11.6. The SMILES string of the molecule is CCCCCCCCCCCCCCP(OC(=O)c1ccccc1)(c1ccccc1)(c1ccccc1)c1ccccc1. The molecule has 4 aromatic rings. The molecule has 0 unspecified atom stereocenters. The van der Waals surface area contributed by atoms with Gasteiger partial charge in [0.05, 0.1) is 0 Å². The summed E-state index contributed by atoms with van der Waals surface area (Å²) in [6, 6.07) is 41.2. The summed E-state index contributed by atoms with van der Waals surface area (Å²) in [6.07, 6.45) is 16.3. The molecule has 0 aliphatic rings. The fourth-order valence-electron chi connectivity index (χ4n) is 6.33. The van der Waals surface area contributed by atoms with Crippen molar-refractivity contribution in [2.24, 2.45) is 0 Å². The Morgan fingerprint density at radius 1 is 0.476 bits per heavy atom. The van der Waals surface area contributed by atoms with Crippen LogP contribution in [0.1, 0.15) is 94.3 Å². The third kappa shape index (κ3) is 7.59. The zero-order valence-corrected chi connectivity index (χ0v) is 26.4. The summed E-state index contributed by atoms with van der Waals surface area (Å²) in [4.78, 5) is 14.1. The van der Waals surface area contributed by atoms with E-state index in [0.29, 0.717) is 5.56 Å². The summed E-state index contributed by atoms with van der Waals surface area (Å²) in [5.41, 5.74) is 0.587. The van der Waals surface area contributed by atoms with E-state index >= 15 is 0 Å². The number of carbonyl (C=O) groups is 1. The summed E-state index contributed by atoms with van der Waals surface area (Å²) < 4.78 is 7.16. The minimum atomic E-state index is -3.70. The minimum absolute atomic E-state index is 0.260. The first-order valence-electron chi connectivity index (χ1n) is 16.2. The molecule has 0 N–H and O–H groups in total. The molecule has 0 heterocycles. The van der Waals surface area contributed by atoms with Crippen LogP contribution in [0.2, 0.25) is 0 Å². The van der Waals surface area contributed by atoms with Gasteiger partial charge in [-0.25, -0.2) is 0 Å². The predicted molar refractivity (Wildman–Crippen MR) is 183 cm³/mol. The standard InChI is InChI=1S/C39H49O2P/c1-2-3-4-5-6-7-8-9-10-11-12-25-34-42(36-28-19-14-20-29-36,37-30-21-15-22-31-37,38-32-23-16-24-33-38)41-39(40)35-26-17-13-18-27-35/h13-24,26-33H,2-12,25,34H2,1H3. The first kappa shape index (κ1) is 31.7. The van der Waals surface area contributed by atoms with Crippen LogP contribution in [-0.4, -0.2) is 12.1 Å². The zero-order valence-electron chi connectivity index (χ0n) is 25.5. The summed E-state index contributed by atoms with van der Waals surface area (Å²) in [5, 5.41) is 3.31. The molecule has 0 fully saturated rings. The molecule has 4 aromatic carbocycles. The van der Waals surface area contributed by atoms with E-state index in [0.717, 1.165) is 34.9 Å². The van der Waals surface area contributed by atoms with E-state index in [1.807, 2.05) is 48.5 Å². The Hall–Kier alpha value is -3.22. The molecular formula is C39H49O2P. The molecule has 4 rings (SSSR count). The van der Waals surface area contributed by atoms with Crippen LogP contribution in [0.15, 0.2) is 121 Å². The van der Waals surface area contributed by atoms with Gasteiger partial charge in [0.2, 0.25) is 0 Å². The van der Waals surface area contributed by atoms with E-state index in [2.05, 4.69) is 79.7 Å². The van der Waals surface area contributed by atoms with E-state index in [4.69, 9.17) is 4.52 Å². The van der Waals surface area contributed by atoms with Gasteiger partial charge in [-0.2, -0.15) is 0 Å². The Kier molecular flexibility index (Phi) is 12.4. The van der Waals surface area contributed by atoms with E-state index in [9.17, 15) is 4.79 Å². The van der Waals surface area contributed by atoms with Gasteiger partial charge in [-0.3, -0.25) is 0 Å². The zero-order chi connectivity index (χ0) is 29.4. The van der Waals surface area contributed by atoms with Crippen LogP contribution >= 0.6 is 6.83 Å². The van der Waals surface area contributed by atoms with Crippen LogP contribution in [0, 0.1) is 0 Å². The van der Waals surface area contributed by atoms with Crippen molar-refractivity contribution in [3.05, 3.63) is 127 Å². The summed E-state index contributed by atoms with van der Waals surface area (Å²) in [5.74, 6) is -0.260. The average Bonchev–Trinajstić information content (AvgIpc) is 3.06. The number of benzene rings is 4. The van der Waals surface area contributed by atoms with Crippen molar-refractivity contribution >= 4 is 28.7 Å². The Bertz CT molecular complexity index is 1210. The Balaban J connectivity index is 1.63. The van der Waals surface area contributed by atoms with Crippen molar-refractivity contribution in [1.82, 2.24) is 0 Å². The molecule has 0 bridgehead atoms. The van der Waals surface area contributed by atoms with Gasteiger partial charge in [0.1, 0.15) is 0 Å². The molecule has 0 atom stereocenters. The summed E-state index contributed by atoms with van der Waals surface area (Å²) in [6.45, 7) is -1.42. The number of unbranched alkanes of at least 4 members (excludes halogenated alkanes) is 11. The summed E-state index contributed by atoms with van der Waals surface area (Å²) in [7, 11) is 0. The topological polar surface area (TPSA) is 26.3 Å². The van der Waals surface area contributed by atoms with Crippen molar-refractivity contribution in [2.45, 2.75) is 84.0 Å². The quantitative estimate of drug-likeness (QED) is 0.0865. The molecule has 222 valence electrons. The van der Waals surface area contributed by atoms with E-state index in [1.165, 1.54) is 64.2 Å². The second-order valence-corrected chi connectivity index (χ2v) is 16.2. The molecule has 2 nitrogen and oxygen atoms in total. The van der Waals surface area contributed by atoms with E-state index < -0.39 is 6.83 Å². The number of rotatable bonds is 18. The molecule has 0 radical (unpaired) electrons. The molecule has 0 aromatic heterocycles. The van der Waals surface area contributed by atoms with Gasteiger partial charge in [0, 0.05) is 0 Å². The monoisotopic (exact) mass is 580 g/mol. The van der Waals surface area contributed by atoms with Gasteiger partial charge in [0.25, 0.3) is 0 Å². The Labute approximate surface area is 254 Å². The molecule has 0 aliphatic carbocycles. The third-order valence-corrected chi connectivity index (χ3v) is 14.5. The van der Waals surface area contributed by atoms with Crippen molar-refractivity contribution in [3.63, 3.8) is 0 Å². The predicted octanol–water partition coefficient (Wildman–Crippen LogP) is 9.99. The van der Waals surface area contributed by atoms with Gasteiger partial charge in [0.15, 0.2) is 0 Å². The maximum atomic E-state index is 14.1. The summed E-state index contributed by atoms with van der Waals surface area (Å²) >= 11 is 0. The molecule has 0 saturated carbocycles. The van der Waals surface area contributed by atoms with Gasteiger partial charge < -0.3 is 0 Å². The number of hydrogen-bond acceptors (Lipinski definition) is 2. The van der Waals surface area contributed by atoms with Crippen molar-refractivity contribution < 1.29 is 9.32 Å².